The Morgan fingerprint density at radius 2 is 1.48 bits per heavy atom. The molecule has 0 saturated heterocycles. The standard InChI is InChI=1S/C17H32O4/c1-6-8-9-10-14(5)20-16(18)11-12-17(19)21-15(7-2)13(3)4/h13-15H,6-12H2,1-5H3. The van der Waals surface area contributed by atoms with Crippen molar-refractivity contribution < 1.29 is 19.1 Å². The Hall–Kier alpha value is -1.06. The van der Waals surface area contributed by atoms with Crippen LogP contribution < -0.4 is 0 Å². The first-order chi connectivity index (χ1) is 9.90. The van der Waals surface area contributed by atoms with E-state index in [0.29, 0.717) is 5.92 Å². The fraction of sp³-hybridized carbons (Fsp3) is 0.882. The highest BCUT2D eigenvalue weighted by atomic mass is 16.5. The summed E-state index contributed by atoms with van der Waals surface area (Å²) in [5, 5.41) is 0. The van der Waals surface area contributed by atoms with Crippen molar-refractivity contribution in [3.8, 4) is 0 Å². The van der Waals surface area contributed by atoms with Crippen LogP contribution in [0.3, 0.4) is 0 Å². The summed E-state index contributed by atoms with van der Waals surface area (Å²) in [4.78, 5) is 23.3. The van der Waals surface area contributed by atoms with E-state index in [-0.39, 0.29) is 37.0 Å². The van der Waals surface area contributed by atoms with Crippen molar-refractivity contribution in [1.82, 2.24) is 0 Å². The Morgan fingerprint density at radius 3 is 1.95 bits per heavy atom. The maximum absolute atomic E-state index is 11.7. The molecule has 0 radical (unpaired) electrons. The molecule has 2 unspecified atom stereocenters. The molecule has 0 aliphatic carbocycles. The second kappa shape index (κ2) is 11.6. The van der Waals surface area contributed by atoms with Gasteiger partial charge in [-0.1, -0.05) is 40.5 Å². The first-order valence-corrected chi connectivity index (χ1v) is 8.29. The molecular weight excluding hydrogens is 268 g/mol. The van der Waals surface area contributed by atoms with E-state index in [0.717, 1.165) is 32.1 Å². The lowest BCUT2D eigenvalue weighted by molar-refractivity contribution is -0.157. The van der Waals surface area contributed by atoms with Gasteiger partial charge in [-0.15, -0.1) is 0 Å². The van der Waals surface area contributed by atoms with Gasteiger partial charge in [0.05, 0.1) is 18.9 Å². The van der Waals surface area contributed by atoms with Crippen LogP contribution in [0.25, 0.3) is 0 Å². The van der Waals surface area contributed by atoms with Crippen LogP contribution in [-0.4, -0.2) is 24.1 Å². The number of unbranched alkanes of at least 4 members (excludes halogenated alkanes) is 2. The van der Waals surface area contributed by atoms with Crippen molar-refractivity contribution in [2.24, 2.45) is 5.92 Å². The molecule has 4 nitrogen and oxygen atoms in total. The average molecular weight is 300 g/mol. The summed E-state index contributed by atoms with van der Waals surface area (Å²) in [5.41, 5.74) is 0. The predicted octanol–water partition coefficient (Wildman–Crippen LogP) is 4.26. The zero-order valence-corrected chi connectivity index (χ0v) is 14.3. The van der Waals surface area contributed by atoms with Gasteiger partial charge in [0.25, 0.3) is 0 Å². The SMILES string of the molecule is CCCCCC(C)OC(=O)CCC(=O)OC(CC)C(C)C. The maximum Gasteiger partial charge on any atom is 0.306 e. The first-order valence-electron chi connectivity index (χ1n) is 8.29. The number of carbonyl (C=O) groups is 2. The Bertz CT molecular complexity index is 299. The van der Waals surface area contributed by atoms with Gasteiger partial charge in [0.15, 0.2) is 0 Å². The minimum Gasteiger partial charge on any atom is -0.463 e. The van der Waals surface area contributed by atoms with Crippen LogP contribution in [-0.2, 0) is 19.1 Å². The van der Waals surface area contributed by atoms with Crippen LogP contribution in [0, 0.1) is 5.92 Å². The van der Waals surface area contributed by atoms with Crippen LogP contribution in [0.15, 0.2) is 0 Å². The summed E-state index contributed by atoms with van der Waals surface area (Å²) in [5.74, 6) is -0.329. The van der Waals surface area contributed by atoms with E-state index >= 15 is 0 Å². The summed E-state index contributed by atoms with van der Waals surface area (Å²) >= 11 is 0. The summed E-state index contributed by atoms with van der Waals surface area (Å²) in [7, 11) is 0. The second-order valence-corrected chi connectivity index (χ2v) is 5.98. The van der Waals surface area contributed by atoms with Crippen LogP contribution in [0.4, 0.5) is 0 Å². The lowest BCUT2D eigenvalue weighted by Crippen LogP contribution is -2.23. The fourth-order valence-corrected chi connectivity index (χ4v) is 2.15. The van der Waals surface area contributed by atoms with Crippen molar-refractivity contribution >= 4 is 11.9 Å². The van der Waals surface area contributed by atoms with Crippen molar-refractivity contribution in [2.45, 2.75) is 91.8 Å². The van der Waals surface area contributed by atoms with Crippen LogP contribution in [0.5, 0.6) is 0 Å². The number of rotatable bonds is 11. The predicted molar refractivity (Wildman–Crippen MR) is 83.9 cm³/mol. The number of hydrogen-bond donors (Lipinski definition) is 0. The topological polar surface area (TPSA) is 52.6 Å². The molecule has 0 N–H and O–H groups in total. The lowest BCUT2D eigenvalue weighted by atomic mass is 10.1. The zero-order valence-electron chi connectivity index (χ0n) is 14.3. The zero-order chi connectivity index (χ0) is 16.3. The normalized spacial score (nSPS) is 13.8. The van der Waals surface area contributed by atoms with Gasteiger partial charge in [0.2, 0.25) is 0 Å². The molecule has 0 rings (SSSR count). The number of esters is 2. The molecule has 0 spiro atoms. The highest BCUT2D eigenvalue weighted by molar-refractivity contribution is 5.77. The van der Waals surface area contributed by atoms with Crippen LogP contribution in [0.2, 0.25) is 0 Å². The van der Waals surface area contributed by atoms with Gasteiger partial charge in [-0.05, 0) is 32.1 Å². The second-order valence-electron chi connectivity index (χ2n) is 5.98. The van der Waals surface area contributed by atoms with E-state index in [2.05, 4.69) is 6.92 Å². The Kier molecular flexibility index (Phi) is 11.0. The molecule has 0 aromatic carbocycles. The van der Waals surface area contributed by atoms with Gasteiger partial charge in [0, 0.05) is 0 Å². The molecule has 0 heterocycles. The highest BCUT2D eigenvalue weighted by Gasteiger charge is 2.18. The molecule has 2 atom stereocenters. The maximum atomic E-state index is 11.7. The Balaban J connectivity index is 3.88. The van der Waals surface area contributed by atoms with E-state index in [1.54, 1.807) is 0 Å². The Labute approximate surface area is 129 Å². The average Bonchev–Trinajstić information content (AvgIpc) is 2.42. The van der Waals surface area contributed by atoms with E-state index < -0.39 is 0 Å². The molecule has 0 aliphatic rings. The summed E-state index contributed by atoms with van der Waals surface area (Å²) in [6.07, 6.45) is 5.12. The third-order valence-corrected chi connectivity index (χ3v) is 3.51. The van der Waals surface area contributed by atoms with Gasteiger partial charge >= 0.3 is 11.9 Å². The number of hydrogen-bond acceptors (Lipinski definition) is 4. The van der Waals surface area contributed by atoms with Gasteiger partial charge in [0.1, 0.15) is 6.10 Å². The van der Waals surface area contributed by atoms with Crippen molar-refractivity contribution in [2.75, 3.05) is 0 Å². The highest BCUT2D eigenvalue weighted by Crippen LogP contribution is 2.12. The summed E-state index contributed by atoms with van der Waals surface area (Å²) < 4.78 is 10.6. The third kappa shape index (κ3) is 10.3. The minimum absolute atomic E-state index is 0.0681. The Morgan fingerprint density at radius 1 is 0.905 bits per heavy atom. The molecule has 0 aromatic heterocycles. The quantitative estimate of drug-likeness (QED) is 0.422. The van der Waals surface area contributed by atoms with E-state index in [9.17, 15) is 9.59 Å². The molecule has 21 heavy (non-hydrogen) atoms. The van der Waals surface area contributed by atoms with Crippen molar-refractivity contribution in [1.29, 1.82) is 0 Å². The molecule has 0 bridgehead atoms. The molecule has 0 aromatic rings. The van der Waals surface area contributed by atoms with Crippen molar-refractivity contribution in [3.05, 3.63) is 0 Å². The van der Waals surface area contributed by atoms with E-state index in [4.69, 9.17) is 9.47 Å². The van der Waals surface area contributed by atoms with Crippen LogP contribution >= 0.6 is 0 Å². The molecule has 0 saturated carbocycles. The van der Waals surface area contributed by atoms with Gasteiger partial charge in [-0.25, -0.2) is 0 Å². The lowest BCUT2D eigenvalue weighted by Gasteiger charge is -2.19. The smallest absolute Gasteiger partial charge is 0.306 e. The molecule has 0 fully saturated rings. The number of carbonyl (C=O) groups excluding carboxylic acids is 2. The van der Waals surface area contributed by atoms with Gasteiger partial charge < -0.3 is 9.47 Å². The third-order valence-electron chi connectivity index (χ3n) is 3.51. The first kappa shape index (κ1) is 19.9. The number of ether oxygens (including phenoxy) is 2. The van der Waals surface area contributed by atoms with Crippen LogP contribution in [0.1, 0.15) is 79.6 Å². The fourth-order valence-electron chi connectivity index (χ4n) is 2.15. The molecule has 124 valence electrons. The largest absolute Gasteiger partial charge is 0.463 e. The molecule has 0 aliphatic heterocycles. The minimum atomic E-state index is -0.314. The monoisotopic (exact) mass is 300 g/mol. The molecular formula is C17H32O4. The van der Waals surface area contributed by atoms with E-state index in [1.807, 2.05) is 27.7 Å². The molecule has 0 amide bonds. The van der Waals surface area contributed by atoms with E-state index in [1.165, 1.54) is 0 Å². The van der Waals surface area contributed by atoms with Gasteiger partial charge in [-0.2, -0.15) is 0 Å². The molecule has 4 heteroatoms. The summed E-state index contributed by atoms with van der Waals surface area (Å²) in [6.45, 7) is 10.1. The van der Waals surface area contributed by atoms with Crippen molar-refractivity contribution in [3.63, 3.8) is 0 Å². The van der Waals surface area contributed by atoms with Gasteiger partial charge in [-0.3, -0.25) is 9.59 Å². The summed E-state index contributed by atoms with van der Waals surface area (Å²) in [6, 6.07) is 0.